The Hall–Kier alpha value is -2.97. The van der Waals surface area contributed by atoms with Gasteiger partial charge in [0.05, 0.1) is 16.7 Å². The van der Waals surface area contributed by atoms with Crippen molar-refractivity contribution in [1.82, 2.24) is 9.46 Å². The van der Waals surface area contributed by atoms with Crippen LogP contribution in [0.5, 0.6) is 0 Å². The summed E-state index contributed by atoms with van der Waals surface area (Å²) in [5.74, 6) is -0.195. The number of carbonyl (C=O) groups excluding carboxylic acids is 1. The molecule has 1 aromatic heterocycles. The predicted octanol–water partition coefficient (Wildman–Crippen LogP) is 2.84. The SMILES string of the molecule is CN(C)S(=O)(=O)c1ccc(C(=O)Nc2oncc2-c2ccccc2)cc1. The highest BCUT2D eigenvalue weighted by molar-refractivity contribution is 7.89. The normalized spacial score (nSPS) is 11.5. The fraction of sp³-hybridized carbons (Fsp3) is 0.111. The van der Waals surface area contributed by atoms with Crippen molar-refractivity contribution >= 4 is 21.8 Å². The third-order valence-electron chi connectivity index (χ3n) is 3.78. The fourth-order valence-electron chi connectivity index (χ4n) is 2.32. The van der Waals surface area contributed by atoms with Crippen LogP contribution < -0.4 is 5.32 Å². The lowest BCUT2D eigenvalue weighted by atomic mass is 10.1. The minimum absolute atomic E-state index is 0.115. The number of amides is 1. The molecule has 26 heavy (non-hydrogen) atoms. The summed E-state index contributed by atoms with van der Waals surface area (Å²) >= 11 is 0. The molecule has 0 saturated heterocycles. The standard InChI is InChI=1S/C18H17N3O4S/c1-21(2)26(23,24)15-10-8-14(9-11-15)17(22)20-18-16(12-19-25-18)13-6-4-3-5-7-13/h3-12H,1-2H3,(H,20,22). The van der Waals surface area contributed by atoms with Gasteiger partial charge in [0.1, 0.15) is 0 Å². The number of carbonyl (C=O) groups is 1. The van der Waals surface area contributed by atoms with Crippen molar-refractivity contribution in [3.8, 4) is 11.1 Å². The van der Waals surface area contributed by atoms with Crippen LogP contribution in [0.4, 0.5) is 5.88 Å². The molecule has 2 aromatic carbocycles. The second kappa shape index (κ2) is 7.11. The number of anilines is 1. The van der Waals surface area contributed by atoms with E-state index in [1.54, 1.807) is 0 Å². The molecule has 134 valence electrons. The molecule has 3 rings (SSSR count). The molecule has 0 saturated carbocycles. The van der Waals surface area contributed by atoms with Gasteiger partial charge in [-0.15, -0.1) is 0 Å². The molecule has 7 nitrogen and oxygen atoms in total. The molecule has 0 spiro atoms. The Morgan fingerprint density at radius 3 is 2.31 bits per heavy atom. The summed E-state index contributed by atoms with van der Waals surface area (Å²) in [7, 11) is -0.640. The fourth-order valence-corrected chi connectivity index (χ4v) is 3.22. The molecular formula is C18H17N3O4S. The van der Waals surface area contributed by atoms with E-state index in [2.05, 4.69) is 10.5 Å². The van der Waals surface area contributed by atoms with E-state index in [0.717, 1.165) is 9.87 Å². The molecule has 8 heteroatoms. The van der Waals surface area contributed by atoms with E-state index < -0.39 is 15.9 Å². The lowest BCUT2D eigenvalue weighted by Gasteiger charge is -2.11. The minimum atomic E-state index is -3.54. The van der Waals surface area contributed by atoms with E-state index in [9.17, 15) is 13.2 Å². The maximum Gasteiger partial charge on any atom is 0.258 e. The summed E-state index contributed by atoms with van der Waals surface area (Å²) in [5.41, 5.74) is 1.82. The molecule has 0 unspecified atom stereocenters. The van der Waals surface area contributed by atoms with E-state index in [4.69, 9.17) is 4.52 Å². The van der Waals surface area contributed by atoms with Crippen molar-refractivity contribution in [2.24, 2.45) is 0 Å². The molecule has 3 aromatic rings. The summed E-state index contributed by atoms with van der Waals surface area (Å²) in [4.78, 5) is 12.5. The molecule has 1 heterocycles. The highest BCUT2D eigenvalue weighted by Crippen LogP contribution is 2.27. The maximum absolute atomic E-state index is 12.4. The number of nitrogens with one attached hydrogen (secondary N) is 1. The predicted molar refractivity (Wildman–Crippen MR) is 97.2 cm³/mol. The van der Waals surface area contributed by atoms with Gasteiger partial charge in [-0.3, -0.25) is 10.1 Å². The Labute approximate surface area is 151 Å². The van der Waals surface area contributed by atoms with Gasteiger partial charge in [-0.1, -0.05) is 35.5 Å². The smallest absolute Gasteiger partial charge is 0.258 e. The van der Waals surface area contributed by atoms with Gasteiger partial charge in [0.15, 0.2) is 0 Å². The second-order valence-corrected chi connectivity index (χ2v) is 7.85. The molecule has 0 fully saturated rings. The van der Waals surface area contributed by atoms with Crippen LogP contribution in [0.2, 0.25) is 0 Å². The largest absolute Gasteiger partial charge is 0.338 e. The summed E-state index contributed by atoms with van der Waals surface area (Å²) in [5, 5.41) is 6.39. The highest BCUT2D eigenvalue weighted by Gasteiger charge is 2.19. The molecule has 0 atom stereocenters. The Morgan fingerprint density at radius 1 is 1.04 bits per heavy atom. The maximum atomic E-state index is 12.4. The van der Waals surface area contributed by atoms with Crippen molar-refractivity contribution in [1.29, 1.82) is 0 Å². The minimum Gasteiger partial charge on any atom is -0.338 e. The summed E-state index contributed by atoms with van der Waals surface area (Å²) < 4.78 is 30.4. The first-order chi connectivity index (χ1) is 12.4. The lowest BCUT2D eigenvalue weighted by Crippen LogP contribution is -2.22. The van der Waals surface area contributed by atoms with Crippen LogP contribution in [0.15, 0.2) is 70.2 Å². The third kappa shape index (κ3) is 3.51. The number of hydrogen-bond donors (Lipinski definition) is 1. The number of aromatic nitrogens is 1. The zero-order valence-electron chi connectivity index (χ0n) is 14.2. The molecule has 1 N–H and O–H groups in total. The Kier molecular flexibility index (Phi) is 4.88. The molecule has 0 aliphatic carbocycles. The van der Waals surface area contributed by atoms with Crippen molar-refractivity contribution in [2.75, 3.05) is 19.4 Å². The molecule has 0 aliphatic heterocycles. The molecule has 1 amide bonds. The van der Waals surface area contributed by atoms with Crippen LogP contribution in [0.25, 0.3) is 11.1 Å². The van der Waals surface area contributed by atoms with Crippen LogP contribution in [-0.2, 0) is 10.0 Å². The van der Waals surface area contributed by atoms with Crippen LogP contribution in [-0.4, -0.2) is 37.9 Å². The van der Waals surface area contributed by atoms with Gasteiger partial charge in [-0.25, -0.2) is 12.7 Å². The lowest BCUT2D eigenvalue weighted by molar-refractivity contribution is 0.102. The van der Waals surface area contributed by atoms with Crippen LogP contribution in [0, 0.1) is 0 Å². The number of benzene rings is 2. The van der Waals surface area contributed by atoms with Crippen LogP contribution in [0.1, 0.15) is 10.4 Å². The average molecular weight is 371 g/mol. The van der Waals surface area contributed by atoms with E-state index in [1.165, 1.54) is 44.6 Å². The van der Waals surface area contributed by atoms with Gasteiger partial charge >= 0.3 is 0 Å². The van der Waals surface area contributed by atoms with Crippen molar-refractivity contribution < 1.29 is 17.7 Å². The van der Waals surface area contributed by atoms with Gasteiger partial charge in [0, 0.05) is 19.7 Å². The number of sulfonamides is 1. The number of hydrogen-bond acceptors (Lipinski definition) is 5. The molecule has 0 aliphatic rings. The van der Waals surface area contributed by atoms with Gasteiger partial charge < -0.3 is 4.52 Å². The summed E-state index contributed by atoms with van der Waals surface area (Å²) in [6.07, 6.45) is 1.53. The zero-order chi connectivity index (χ0) is 18.7. The highest BCUT2D eigenvalue weighted by atomic mass is 32.2. The van der Waals surface area contributed by atoms with E-state index in [1.807, 2.05) is 30.3 Å². The third-order valence-corrected chi connectivity index (χ3v) is 5.61. The van der Waals surface area contributed by atoms with Crippen LogP contribution >= 0.6 is 0 Å². The summed E-state index contributed by atoms with van der Waals surface area (Å²) in [6.45, 7) is 0. The van der Waals surface area contributed by atoms with Crippen LogP contribution in [0.3, 0.4) is 0 Å². The quantitative estimate of drug-likeness (QED) is 0.744. The first kappa shape index (κ1) is 17.8. The monoisotopic (exact) mass is 371 g/mol. The Bertz CT molecular complexity index is 1010. The molecular weight excluding hydrogens is 354 g/mol. The Balaban J connectivity index is 1.81. The van der Waals surface area contributed by atoms with E-state index >= 15 is 0 Å². The topological polar surface area (TPSA) is 92.5 Å². The van der Waals surface area contributed by atoms with E-state index in [0.29, 0.717) is 11.1 Å². The number of rotatable bonds is 5. The Morgan fingerprint density at radius 2 is 1.69 bits per heavy atom. The van der Waals surface area contributed by atoms with Gasteiger partial charge in [-0.05, 0) is 29.8 Å². The second-order valence-electron chi connectivity index (χ2n) is 5.70. The van der Waals surface area contributed by atoms with E-state index in [-0.39, 0.29) is 10.8 Å². The van der Waals surface area contributed by atoms with Crippen molar-refractivity contribution in [2.45, 2.75) is 4.90 Å². The van der Waals surface area contributed by atoms with Gasteiger partial charge in [-0.2, -0.15) is 0 Å². The first-order valence-corrected chi connectivity index (χ1v) is 9.17. The van der Waals surface area contributed by atoms with Crippen molar-refractivity contribution in [3.63, 3.8) is 0 Å². The number of nitrogens with zero attached hydrogens (tertiary/aromatic N) is 2. The summed E-state index contributed by atoms with van der Waals surface area (Å²) in [6, 6.07) is 15.1. The van der Waals surface area contributed by atoms with Gasteiger partial charge in [0.2, 0.25) is 15.9 Å². The first-order valence-electron chi connectivity index (χ1n) is 7.73. The van der Waals surface area contributed by atoms with Gasteiger partial charge in [0.25, 0.3) is 5.91 Å². The van der Waals surface area contributed by atoms with Crippen molar-refractivity contribution in [3.05, 3.63) is 66.4 Å². The zero-order valence-corrected chi connectivity index (χ0v) is 15.0. The molecule has 0 radical (unpaired) electrons. The molecule has 0 bridgehead atoms. The average Bonchev–Trinajstić information content (AvgIpc) is 3.10.